The first kappa shape index (κ1) is 16.4. The van der Waals surface area contributed by atoms with Crippen molar-refractivity contribution in [1.29, 1.82) is 0 Å². The fourth-order valence-corrected chi connectivity index (χ4v) is 3.38. The predicted octanol–water partition coefficient (Wildman–Crippen LogP) is 3.18. The average Bonchev–Trinajstić information content (AvgIpc) is 2.59. The molecule has 3 rings (SSSR count). The van der Waals surface area contributed by atoms with Crippen molar-refractivity contribution >= 4 is 6.29 Å². The van der Waals surface area contributed by atoms with Gasteiger partial charge in [0.15, 0.2) is 0 Å². The van der Waals surface area contributed by atoms with Gasteiger partial charge in [-0.25, -0.2) is 4.39 Å². The van der Waals surface area contributed by atoms with E-state index in [-0.39, 0.29) is 17.8 Å². The van der Waals surface area contributed by atoms with Gasteiger partial charge in [0, 0.05) is 28.8 Å². The van der Waals surface area contributed by atoms with Crippen LogP contribution in [0.15, 0.2) is 59.8 Å². The molecule has 0 amide bonds. The molecular weight excluding hydrogens is 303 g/mol. The molecule has 2 aromatic rings. The summed E-state index contributed by atoms with van der Waals surface area (Å²) in [5.41, 5.74) is 15.9. The monoisotopic (exact) mass is 324 g/mol. The molecule has 2 unspecified atom stereocenters. The minimum absolute atomic E-state index is 0.0883. The van der Waals surface area contributed by atoms with Crippen molar-refractivity contribution < 1.29 is 9.18 Å². The second kappa shape index (κ2) is 6.97. The van der Waals surface area contributed by atoms with E-state index in [4.69, 9.17) is 11.5 Å². The molecule has 0 bridgehead atoms. The van der Waals surface area contributed by atoms with Crippen LogP contribution in [0.4, 0.5) is 4.39 Å². The van der Waals surface area contributed by atoms with Crippen LogP contribution >= 0.6 is 0 Å². The third kappa shape index (κ3) is 3.24. The van der Waals surface area contributed by atoms with Gasteiger partial charge in [-0.2, -0.15) is 0 Å². The Morgan fingerprint density at radius 3 is 2.71 bits per heavy atom. The maximum absolute atomic E-state index is 14.0. The van der Waals surface area contributed by atoms with Crippen LogP contribution in [0, 0.1) is 11.7 Å². The summed E-state index contributed by atoms with van der Waals surface area (Å²) < 4.78 is 14.0. The van der Waals surface area contributed by atoms with Crippen LogP contribution in [0.2, 0.25) is 0 Å². The summed E-state index contributed by atoms with van der Waals surface area (Å²) in [5, 5.41) is 0. The molecule has 24 heavy (non-hydrogen) atoms. The minimum Gasteiger partial charge on any atom is -0.402 e. The first-order valence-corrected chi connectivity index (χ1v) is 8.13. The first-order chi connectivity index (χ1) is 11.6. The van der Waals surface area contributed by atoms with E-state index in [9.17, 15) is 9.18 Å². The summed E-state index contributed by atoms with van der Waals surface area (Å²) in [4.78, 5) is 11.4. The van der Waals surface area contributed by atoms with Gasteiger partial charge >= 0.3 is 0 Å². The van der Waals surface area contributed by atoms with Gasteiger partial charge in [0.1, 0.15) is 12.1 Å². The smallest absolute Gasteiger partial charge is 0.148 e. The number of hydrogen-bond donors (Lipinski definition) is 2. The highest BCUT2D eigenvalue weighted by Gasteiger charge is 2.28. The molecule has 0 heterocycles. The largest absolute Gasteiger partial charge is 0.402 e. The summed E-state index contributed by atoms with van der Waals surface area (Å²) in [6, 6.07) is 14.3. The maximum atomic E-state index is 14.0. The molecule has 0 fully saturated rings. The zero-order valence-corrected chi connectivity index (χ0v) is 13.4. The Bertz CT molecular complexity index is 785. The lowest BCUT2D eigenvalue weighted by Gasteiger charge is -2.30. The SMILES string of the molecule is NC1=C(C=O)C(Cc2cccc(-c3ccccc3F)c2)C(N)CC1. The predicted molar refractivity (Wildman–Crippen MR) is 93.5 cm³/mol. The van der Waals surface area contributed by atoms with Gasteiger partial charge in [-0.15, -0.1) is 0 Å². The van der Waals surface area contributed by atoms with Crippen molar-refractivity contribution in [3.05, 3.63) is 71.2 Å². The second-order valence-electron chi connectivity index (χ2n) is 6.29. The summed E-state index contributed by atoms with van der Waals surface area (Å²) in [6.45, 7) is 0. The molecular formula is C20H21FN2O. The van der Waals surface area contributed by atoms with Crippen molar-refractivity contribution in [3.63, 3.8) is 0 Å². The number of carbonyl (C=O) groups is 1. The molecule has 2 atom stereocenters. The van der Waals surface area contributed by atoms with Crippen LogP contribution in [0.3, 0.4) is 0 Å². The number of nitrogens with two attached hydrogens (primary N) is 2. The lowest BCUT2D eigenvalue weighted by atomic mass is 9.79. The summed E-state index contributed by atoms with van der Waals surface area (Å²) in [5.74, 6) is -0.339. The van der Waals surface area contributed by atoms with Crippen LogP contribution in [-0.2, 0) is 11.2 Å². The van der Waals surface area contributed by atoms with E-state index in [2.05, 4.69) is 0 Å². The van der Waals surface area contributed by atoms with E-state index in [1.165, 1.54) is 6.07 Å². The molecule has 0 saturated carbocycles. The van der Waals surface area contributed by atoms with Gasteiger partial charge in [0.05, 0.1) is 0 Å². The molecule has 0 spiro atoms. The number of rotatable bonds is 4. The highest BCUT2D eigenvalue weighted by Crippen LogP contribution is 2.30. The molecule has 4 heteroatoms. The van der Waals surface area contributed by atoms with Crippen LogP contribution < -0.4 is 11.5 Å². The summed E-state index contributed by atoms with van der Waals surface area (Å²) in [7, 11) is 0. The molecule has 0 saturated heterocycles. The molecule has 3 nitrogen and oxygen atoms in total. The zero-order chi connectivity index (χ0) is 17.1. The van der Waals surface area contributed by atoms with E-state index < -0.39 is 0 Å². The van der Waals surface area contributed by atoms with Crippen molar-refractivity contribution in [2.75, 3.05) is 0 Å². The van der Waals surface area contributed by atoms with E-state index in [1.54, 1.807) is 12.1 Å². The fourth-order valence-electron chi connectivity index (χ4n) is 3.38. The Morgan fingerprint density at radius 1 is 1.17 bits per heavy atom. The highest BCUT2D eigenvalue weighted by atomic mass is 19.1. The van der Waals surface area contributed by atoms with Crippen LogP contribution in [-0.4, -0.2) is 12.3 Å². The van der Waals surface area contributed by atoms with E-state index in [0.717, 1.165) is 23.8 Å². The number of allylic oxidation sites excluding steroid dienone is 1. The van der Waals surface area contributed by atoms with Gasteiger partial charge in [-0.3, -0.25) is 4.79 Å². The maximum Gasteiger partial charge on any atom is 0.148 e. The Kier molecular flexibility index (Phi) is 4.76. The molecule has 1 aliphatic rings. The molecule has 1 aliphatic carbocycles. The topological polar surface area (TPSA) is 69.1 Å². The number of carbonyl (C=O) groups excluding carboxylic acids is 1. The van der Waals surface area contributed by atoms with Crippen LogP contribution in [0.25, 0.3) is 11.1 Å². The summed E-state index contributed by atoms with van der Waals surface area (Å²) >= 11 is 0. The minimum atomic E-state index is -0.248. The van der Waals surface area contributed by atoms with E-state index >= 15 is 0 Å². The molecule has 0 aromatic heterocycles. The fraction of sp³-hybridized carbons (Fsp3) is 0.250. The second-order valence-corrected chi connectivity index (χ2v) is 6.29. The molecule has 4 N–H and O–H groups in total. The Morgan fingerprint density at radius 2 is 1.96 bits per heavy atom. The summed E-state index contributed by atoms with van der Waals surface area (Å²) in [6.07, 6.45) is 2.90. The van der Waals surface area contributed by atoms with Gasteiger partial charge in [-0.1, -0.05) is 42.5 Å². The van der Waals surface area contributed by atoms with Gasteiger partial charge in [0.2, 0.25) is 0 Å². The van der Waals surface area contributed by atoms with Crippen LogP contribution in [0.5, 0.6) is 0 Å². The molecule has 2 aromatic carbocycles. The normalized spacial score (nSPS) is 20.9. The van der Waals surface area contributed by atoms with Gasteiger partial charge in [0.25, 0.3) is 0 Å². The molecule has 124 valence electrons. The van der Waals surface area contributed by atoms with Crippen molar-refractivity contribution in [2.45, 2.75) is 25.3 Å². The average molecular weight is 324 g/mol. The lowest BCUT2D eigenvalue weighted by Crippen LogP contribution is -2.38. The third-order valence-corrected chi connectivity index (χ3v) is 4.73. The van der Waals surface area contributed by atoms with E-state index in [0.29, 0.717) is 29.7 Å². The lowest BCUT2D eigenvalue weighted by molar-refractivity contribution is -0.105. The van der Waals surface area contributed by atoms with Crippen molar-refractivity contribution in [1.82, 2.24) is 0 Å². The number of aldehydes is 1. The Labute approximate surface area is 141 Å². The first-order valence-electron chi connectivity index (χ1n) is 8.13. The Hall–Kier alpha value is -2.46. The molecule has 0 radical (unpaired) electrons. The van der Waals surface area contributed by atoms with Crippen molar-refractivity contribution in [3.8, 4) is 11.1 Å². The third-order valence-electron chi connectivity index (χ3n) is 4.73. The quantitative estimate of drug-likeness (QED) is 0.849. The molecule has 0 aliphatic heterocycles. The number of benzene rings is 2. The van der Waals surface area contributed by atoms with Crippen LogP contribution in [0.1, 0.15) is 18.4 Å². The van der Waals surface area contributed by atoms with Gasteiger partial charge in [-0.05, 0) is 36.5 Å². The van der Waals surface area contributed by atoms with E-state index in [1.807, 2.05) is 30.3 Å². The number of hydrogen-bond acceptors (Lipinski definition) is 3. The van der Waals surface area contributed by atoms with Gasteiger partial charge < -0.3 is 11.5 Å². The highest BCUT2D eigenvalue weighted by molar-refractivity contribution is 5.76. The van der Waals surface area contributed by atoms with Crippen molar-refractivity contribution in [2.24, 2.45) is 17.4 Å². The zero-order valence-electron chi connectivity index (χ0n) is 13.4. The Balaban J connectivity index is 1.91. The number of halogens is 1. The standard InChI is InChI=1S/C20H21FN2O/c21-18-7-2-1-6-15(18)14-5-3-4-13(10-14)11-16-17(12-24)20(23)9-8-19(16)22/h1-7,10,12,16,19H,8-9,11,22-23H2.